The summed E-state index contributed by atoms with van der Waals surface area (Å²) in [6.45, 7) is 7.73. The molecule has 0 bridgehead atoms. The zero-order valence-corrected chi connectivity index (χ0v) is 23.4. The molecule has 0 aliphatic rings. The van der Waals surface area contributed by atoms with Crippen LogP contribution >= 0.6 is 15.8 Å². The smallest absolute Gasteiger partial charge is 0.998 e. The first-order valence-electron chi connectivity index (χ1n) is 11.1. The van der Waals surface area contributed by atoms with E-state index in [9.17, 15) is 0 Å². The summed E-state index contributed by atoms with van der Waals surface area (Å²) < 4.78 is 22.9. The summed E-state index contributed by atoms with van der Waals surface area (Å²) in [6, 6.07) is 39.0. The Balaban J connectivity index is 0.000000168. The van der Waals surface area contributed by atoms with Gasteiger partial charge in [0, 0.05) is 0 Å². The van der Waals surface area contributed by atoms with Crippen molar-refractivity contribution in [3.63, 3.8) is 0 Å². The Hall–Kier alpha value is -2.80. The van der Waals surface area contributed by atoms with Crippen molar-refractivity contribution in [2.75, 3.05) is 0 Å². The van der Waals surface area contributed by atoms with E-state index in [1.807, 2.05) is 76.2 Å². The summed E-state index contributed by atoms with van der Waals surface area (Å²) in [4.78, 5) is 0. The van der Waals surface area contributed by atoms with E-state index in [1.165, 1.54) is 0 Å². The molecule has 4 heterocycles. The van der Waals surface area contributed by atoms with E-state index >= 15 is 0 Å². The van der Waals surface area contributed by atoms with Crippen LogP contribution in [0.4, 0.5) is 0 Å². The van der Waals surface area contributed by atoms with Gasteiger partial charge in [-0.2, -0.15) is 15.8 Å². The van der Waals surface area contributed by atoms with Gasteiger partial charge in [0.1, 0.15) is 45.0 Å². The molecule has 4 nitrogen and oxygen atoms in total. The minimum atomic E-state index is -0.874. The summed E-state index contributed by atoms with van der Waals surface area (Å²) in [7, 11) is -1.75. The molecule has 7 heteroatoms. The normalized spacial score (nSPS) is 11.0. The third-order valence-electron chi connectivity index (χ3n) is 5.08. The van der Waals surface area contributed by atoms with Crippen molar-refractivity contribution in [3.05, 3.63) is 120 Å². The van der Waals surface area contributed by atoms with Crippen molar-refractivity contribution in [3.8, 4) is 0 Å². The van der Waals surface area contributed by atoms with Crippen LogP contribution in [0.3, 0.4) is 0 Å². The van der Waals surface area contributed by atoms with Gasteiger partial charge in [-0.25, -0.2) is 0 Å². The van der Waals surface area contributed by atoms with Gasteiger partial charge in [-0.3, -0.25) is 0 Å². The van der Waals surface area contributed by atoms with Gasteiger partial charge in [0.2, 0.25) is 0 Å². The van der Waals surface area contributed by atoms with Crippen LogP contribution in [-0.2, 0) is 17.1 Å². The maximum Gasteiger partial charge on any atom is 2.00 e. The van der Waals surface area contributed by atoms with Crippen molar-refractivity contribution >= 4 is 48.5 Å². The monoisotopic (exact) mass is 562 g/mol. The third kappa shape index (κ3) is 6.37. The fraction of sp³-hybridized carbons (Fsp3) is 0.133. The Morgan fingerprint density at radius 3 is 0.892 bits per heavy atom. The zero-order valence-electron chi connectivity index (χ0n) is 20.5. The standard InChI is InChI=1S/2C15H10O2P.Fe/c2*1-11-7-9-14(16-11)18(13-5-3-4-6-13)15-10-8-12(2)17-15;/h2*7-10H,1-2H3;/q2*-5;+2. The molecule has 2 aromatic carbocycles. The van der Waals surface area contributed by atoms with E-state index in [2.05, 4.69) is 48.5 Å². The molecule has 4 aromatic heterocycles. The van der Waals surface area contributed by atoms with Crippen LogP contribution in [-0.4, -0.2) is 0 Å². The summed E-state index contributed by atoms with van der Waals surface area (Å²) in [5.41, 5.74) is 3.55. The number of hydrogen-bond donors (Lipinski definition) is 0. The minimum Gasteiger partial charge on any atom is -0.998 e. The molecular formula is C30H20FeO4P2-8. The van der Waals surface area contributed by atoms with Gasteiger partial charge in [-0.1, -0.05) is 0 Å². The van der Waals surface area contributed by atoms with Crippen LogP contribution in [0.2, 0.25) is 0 Å². The predicted octanol–water partition coefficient (Wildman–Crippen LogP) is 4.33. The Bertz CT molecular complexity index is 1300. The molecule has 6 rings (SSSR count). The van der Waals surface area contributed by atoms with E-state index in [-0.39, 0.29) is 17.1 Å². The predicted molar refractivity (Wildman–Crippen MR) is 140 cm³/mol. The SMILES string of the molecule is Cc1ccc(P(c2ccc(C)o2)[c-]2[c-][c-][c-][c-]2)o1.Cc1ccc(P(c2ccc(C)o2)[c-]2[c-][c-][c-][c-]2)o1.[Fe+2]. The van der Waals surface area contributed by atoms with Crippen LogP contribution in [0.25, 0.3) is 0 Å². The average molecular weight is 562 g/mol. The first kappa shape index (κ1) is 27.2. The van der Waals surface area contributed by atoms with Crippen molar-refractivity contribution in [1.29, 1.82) is 0 Å². The fourth-order valence-corrected chi connectivity index (χ4v) is 7.30. The molecule has 0 fully saturated rings. The largest absolute Gasteiger partial charge is 2.00 e. The van der Waals surface area contributed by atoms with Crippen molar-refractivity contribution in [1.82, 2.24) is 0 Å². The number of rotatable bonds is 6. The second-order valence-electron chi connectivity index (χ2n) is 7.91. The Morgan fingerprint density at radius 2 is 0.703 bits per heavy atom. The first-order chi connectivity index (χ1) is 17.5. The van der Waals surface area contributed by atoms with Crippen LogP contribution in [0, 0.1) is 76.2 Å². The molecular weight excluding hydrogens is 542 g/mol. The Kier molecular flexibility index (Phi) is 8.95. The molecule has 0 aliphatic heterocycles. The van der Waals surface area contributed by atoms with Gasteiger partial charge >= 0.3 is 17.1 Å². The quantitative estimate of drug-likeness (QED) is 0.172. The van der Waals surface area contributed by atoms with Crippen LogP contribution in [0.5, 0.6) is 0 Å². The van der Waals surface area contributed by atoms with E-state index < -0.39 is 15.8 Å². The first-order valence-corrected chi connectivity index (χ1v) is 13.8. The molecule has 0 atom stereocenters. The average Bonchev–Trinajstić information content (AvgIpc) is 3.66. The Labute approximate surface area is 230 Å². The van der Waals surface area contributed by atoms with Crippen molar-refractivity contribution < 1.29 is 34.7 Å². The second kappa shape index (κ2) is 12.2. The molecule has 0 saturated heterocycles. The molecule has 6 aromatic rings. The summed E-state index contributed by atoms with van der Waals surface area (Å²) in [5.74, 6) is 3.56. The maximum atomic E-state index is 5.73. The molecule has 0 amide bonds. The molecule has 37 heavy (non-hydrogen) atoms. The summed E-state index contributed by atoms with van der Waals surface area (Å²) in [6.07, 6.45) is 0. The molecule has 0 saturated carbocycles. The second-order valence-corrected chi connectivity index (χ2v) is 11.9. The zero-order chi connectivity index (χ0) is 25.1. The van der Waals surface area contributed by atoms with Gasteiger partial charge in [-0.15, -0.1) is 0 Å². The molecule has 0 unspecified atom stereocenters. The Morgan fingerprint density at radius 1 is 0.459 bits per heavy atom. The van der Waals surface area contributed by atoms with E-state index in [0.717, 1.165) is 55.7 Å². The molecule has 0 N–H and O–H groups in total. The number of furan rings is 4. The van der Waals surface area contributed by atoms with Crippen LogP contribution < -0.4 is 32.6 Å². The minimum absolute atomic E-state index is 0. The third-order valence-corrected chi connectivity index (χ3v) is 9.15. The van der Waals surface area contributed by atoms with Gasteiger partial charge in [0.25, 0.3) is 0 Å². The van der Waals surface area contributed by atoms with Gasteiger partial charge in [0.15, 0.2) is 0 Å². The number of hydrogen-bond acceptors (Lipinski definition) is 4. The van der Waals surface area contributed by atoms with Crippen LogP contribution in [0.1, 0.15) is 23.0 Å². The molecule has 0 spiro atoms. The summed E-state index contributed by atoms with van der Waals surface area (Å²) >= 11 is 0. The topological polar surface area (TPSA) is 52.6 Å². The van der Waals surface area contributed by atoms with Crippen molar-refractivity contribution in [2.24, 2.45) is 0 Å². The number of aryl methyl sites for hydroxylation is 4. The molecule has 0 radical (unpaired) electrons. The fourth-order valence-electron chi connectivity index (χ4n) is 3.47. The van der Waals surface area contributed by atoms with E-state index in [4.69, 9.17) is 17.7 Å². The van der Waals surface area contributed by atoms with Gasteiger partial charge < -0.3 is 76.8 Å². The molecule has 190 valence electrons. The van der Waals surface area contributed by atoms with Crippen LogP contribution in [0.15, 0.2) is 66.2 Å². The van der Waals surface area contributed by atoms with Gasteiger partial charge in [-0.05, 0) is 76.2 Å². The maximum absolute atomic E-state index is 5.73. The van der Waals surface area contributed by atoms with Gasteiger partial charge in [0.05, 0.1) is 0 Å². The molecule has 0 aliphatic carbocycles. The van der Waals surface area contributed by atoms with Crippen molar-refractivity contribution in [2.45, 2.75) is 27.7 Å². The summed E-state index contributed by atoms with van der Waals surface area (Å²) in [5, 5.41) is 1.79. The van der Waals surface area contributed by atoms with E-state index in [1.54, 1.807) is 0 Å². The van der Waals surface area contributed by atoms with E-state index in [0.29, 0.717) is 0 Å².